The first-order valence-corrected chi connectivity index (χ1v) is 41.3. The topological polar surface area (TPSA) is 646 Å². The van der Waals surface area contributed by atoms with E-state index in [0.717, 1.165) is 27.8 Å². The number of hydrogen-bond donors (Lipinski definition) is 18. The van der Waals surface area contributed by atoms with E-state index in [1.165, 1.54) is 84.9 Å². The molecule has 8 fully saturated rings. The number of hydrogen-bond acceptors (Lipinski definition) is 40. The number of rotatable bonds is 13. The number of carbonyl (C=O) groups is 3. The van der Waals surface area contributed by atoms with Crippen LogP contribution in [0.5, 0.6) is 86.2 Å². The van der Waals surface area contributed by atoms with Gasteiger partial charge >= 0.3 is 51.4 Å². The molecule has 20 N–H and O–H groups in total. The molecule has 0 spiro atoms. The van der Waals surface area contributed by atoms with Gasteiger partial charge in [0.15, 0.2) is 149 Å². The Labute approximate surface area is 822 Å². The molecule has 136 heavy (non-hydrogen) atoms. The first-order valence-electron chi connectivity index (χ1n) is 41.3. The zero-order valence-corrected chi connectivity index (χ0v) is 77.6. The minimum Gasteiger partial charge on any atom is -0.870 e. The molecule has 0 aromatic heterocycles. The zero-order chi connectivity index (χ0) is 97.3. The van der Waals surface area contributed by atoms with Crippen molar-refractivity contribution in [2.45, 2.75) is 91.2 Å². The summed E-state index contributed by atoms with van der Waals surface area (Å²) in [4.78, 5) is 30.5. The number of aldehydes is 3. The largest absolute Gasteiger partial charge is 1.00 e. The third-order valence-corrected chi connectivity index (χ3v) is 19.4. The minimum atomic E-state index is -0.576. The Hall–Kier alpha value is -12.1. The number of aryl methyl sites for hydroxylation is 1. The van der Waals surface area contributed by atoms with Crippen LogP contribution in [-0.4, -0.2) is 217 Å². The molecule has 0 atom stereocenters. The van der Waals surface area contributed by atoms with Crippen LogP contribution < -0.4 is 57.1 Å². The van der Waals surface area contributed by atoms with E-state index in [2.05, 4.69) is 6.07 Å². The van der Waals surface area contributed by atoms with Gasteiger partial charge in [-0.05, 0) is 128 Å². The Bertz CT molecular complexity index is 5230. The van der Waals surface area contributed by atoms with Crippen LogP contribution >= 0.6 is 0 Å². The van der Waals surface area contributed by atoms with Crippen LogP contribution in [0.1, 0.15) is 173 Å². The van der Waals surface area contributed by atoms with Crippen molar-refractivity contribution < 1.29 is 234 Å². The fourth-order valence-electron chi connectivity index (χ4n) is 12.5. The maximum absolute atomic E-state index is 10.2. The van der Waals surface area contributed by atoms with Gasteiger partial charge in [-0.3, -0.25) is 14.4 Å². The van der Waals surface area contributed by atoms with Crippen LogP contribution in [0, 0.1) is 36.5 Å². The summed E-state index contributed by atoms with van der Waals surface area (Å²) < 4.78 is 84.0. The maximum atomic E-state index is 10.2. The van der Waals surface area contributed by atoms with Crippen LogP contribution in [0.25, 0.3) is 0 Å². The Morgan fingerprint density at radius 1 is 0.309 bits per heavy atom. The van der Waals surface area contributed by atoms with E-state index < -0.39 is 49.2 Å². The molecule has 8 aliphatic rings. The van der Waals surface area contributed by atoms with Crippen LogP contribution in [0.2, 0.25) is 0 Å². The molecule has 8 aliphatic heterocycles. The van der Waals surface area contributed by atoms with Crippen molar-refractivity contribution >= 4 is 24.5 Å². The molecule has 0 radical (unpaired) electrons. The summed E-state index contributed by atoms with van der Waals surface area (Å²) in [7, 11) is 0. The predicted octanol–water partition coefficient (Wildman–Crippen LogP) is 9.03. The third kappa shape index (κ3) is 33.4. The molecule has 18 rings (SSSR count). The number of nitrogens with zero attached hydrogens (tertiary/aromatic N) is 2. The summed E-state index contributed by atoms with van der Waals surface area (Å²) in [5, 5.41) is 173. The number of aliphatic hydroxyl groups is 2. The number of ether oxygens (including phenoxy) is 16. The second kappa shape index (κ2) is 58.3. The van der Waals surface area contributed by atoms with Gasteiger partial charge in [-0.1, -0.05) is 80.6 Å². The minimum absolute atomic E-state index is 0. The van der Waals surface area contributed by atoms with Gasteiger partial charge in [0, 0.05) is 66.8 Å². The normalized spacial score (nSPS) is 15.6. The predicted molar refractivity (Wildman–Crippen MR) is 471 cm³/mol. The number of benzene rings is 10. The van der Waals surface area contributed by atoms with Crippen molar-refractivity contribution in [3.05, 3.63) is 258 Å². The SMILES string of the molecule is CC.Cc1cc(C2OCCO2)cc(C#N)c1C.N#Cc1cc(C2OCCO2)cc(O)c1O.Nc1cc(C2OCCO2)cc(O)c1O.O=Cc1ccc(O)c(O)c1.O=Cc1ccccc1C=O.OCc1cc(C2OCCO2)cc(O)c1O.OCc1ccccc1C1OCCO1.Oc1cc(C2OCCO2)cc(O)c1O.Oc1ccc(C2OCCO2)cc1O.Oc1ccc(C2OCCO2)cc1O.[K+].[OH-]. The monoisotopic (exact) mass is 1920 g/mol. The molecule has 10 aromatic carbocycles. The van der Waals surface area contributed by atoms with Gasteiger partial charge in [-0.2, -0.15) is 10.5 Å². The Morgan fingerprint density at radius 2 is 0.603 bits per heavy atom. The number of phenols is 15. The molecule has 8 heterocycles. The number of nitrogens with two attached hydrogens (primary N) is 1. The van der Waals surface area contributed by atoms with Gasteiger partial charge in [-0.15, -0.1) is 0 Å². The fraction of sp³-hybridized carbons (Fsp3) is 0.316. The number of nitrogen functional groups attached to an aromatic ring is 1. The van der Waals surface area contributed by atoms with Crippen molar-refractivity contribution in [3.8, 4) is 98.4 Å². The molecule has 0 aliphatic carbocycles. The smallest absolute Gasteiger partial charge is 0.870 e. The zero-order valence-electron chi connectivity index (χ0n) is 74.4. The Morgan fingerprint density at radius 3 is 0.956 bits per heavy atom. The average molecular weight is 1920 g/mol. The summed E-state index contributed by atoms with van der Waals surface area (Å²) in [6.45, 7) is 16.3. The van der Waals surface area contributed by atoms with E-state index in [-0.39, 0.29) is 174 Å². The van der Waals surface area contributed by atoms with Gasteiger partial charge < -0.3 is 174 Å². The molecule has 0 unspecified atom stereocenters. The maximum Gasteiger partial charge on any atom is 1.00 e. The van der Waals surface area contributed by atoms with E-state index >= 15 is 0 Å². The molecule has 8 saturated heterocycles. The summed E-state index contributed by atoms with van der Waals surface area (Å²) in [5.74, 6) is -4.32. The summed E-state index contributed by atoms with van der Waals surface area (Å²) in [5.41, 5.74) is 16.3. The van der Waals surface area contributed by atoms with E-state index in [9.17, 15) is 65.4 Å². The first kappa shape index (κ1) is 113. The number of anilines is 1. The molecular formula is C95H106KN3O37. The second-order valence-electron chi connectivity index (χ2n) is 28.4. The standard InChI is InChI=1S/C12H13NO2.C10H9NO4.C10H12O5.C10H12O3.C9H11NO4.C9H10O5.2C9H10O4.C8H6O2.C7H6O3.C2H6.K.H2O/c1-8-5-10(12-14-3-4-15-12)6-11(7-13)9(8)2;2*11-5-7-3-6(4-8(12)9(7)13)10-14-1-2-15-10;11-7-8-3-1-2-4-9(8)10-12-5-6-13-10;2*10-6-3-5(4-7(11)8(6)12)9-13-1-2-14-9;2*10-7-2-1-6(5-8(7)11)9-12-3-4-13-9;9-5-7-3-1-2-4-8(7)6-10;8-4-5-1-2-6(9)7(10)3-5;1-2;;/h5-6,12H,3-4H2,1-2H3;3-4,10,12-13H,1-2H2;3-4,10-13H,1-2,5H2;1-4,10-11H,5-7H2;3-4,9,11-12H,1-2,10H2;3-4,9-12H,1-2H2;2*1-2,5,9-11H,3-4H2;1-6H;1-4,9-10H;1-2H3;;1H2/q;;;;;;;;;;;+1;/p-1. The van der Waals surface area contributed by atoms with Crippen molar-refractivity contribution in [1.29, 1.82) is 10.5 Å². The van der Waals surface area contributed by atoms with Gasteiger partial charge in [0.05, 0.1) is 142 Å². The van der Waals surface area contributed by atoms with Crippen molar-refractivity contribution in [2.75, 3.05) is 111 Å². The molecule has 0 amide bonds. The van der Waals surface area contributed by atoms with Crippen molar-refractivity contribution in [3.63, 3.8) is 0 Å². The van der Waals surface area contributed by atoms with Gasteiger partial charge in [0.25, 0.3) is 0 Å². The van der Waals surface area contributed by atoms with Crippen molar-refractivity contribution in [1.82, 2.24) is 0 Å². The summed E-state index contributed by atoms with van der Waals surface area (Å²) in [6.07, 6.45) is -1.63. The number of carbonyl (C=O) groups excluding carboxylic acids is 3. The van der Waals surface area contributed by atoms with Gasteiger partial charge in [0.2, 0.25) is 0 Å². The first-order chi connectivity index (χ1) is 64.6. The number of nitriles is 2. The van der Waals surface area contributed by atoms with Crippen molar-refractivity contribution in [2.24, 2.45) is 0 Å². The molecule has 0 bridgehead atoms. The van der Waals surface area contributed by atoms with E-state index in [4.69, 9.17) is 128 Å². The number of phenolic OH excluding ortho intramolecular Hbond substituents is 14. The van der Waals surface area contributed by atoms with Gasteiger partial charge in [0.1, 0.15) is 12.4 Å². The fourth-order valence-corrected chi connectivity index (χ4v) is 12.5. The Kier molecular flexibility index (Phi) is 48.3. The second-order valence-corrected chi connectivity index (χ2v) is 28.4. The van der Waals surface area contributed by atoms with Crippen LogP contribution in [0.4, 0.5) is 5.69 Å². The van der Waals surface area contributed by atoms with Crippen LogP contribution in [-0.2, 0) is 89.0 Å². The van der Waals surface area contributed by atoms with Crippen LogP contribution in [0.3, 0.4) is 0 Å². The Balaban J connectivity index is 0.000000232. The molecule has 40 nitrogen and oxygen atoms in total. The quantitative estimate of drug-likeness (QED) is 0.0221. The molecule has 10 aromatic rings. The molecule has 724 valence electrons. The van der Waals surface area contributed by atoms with E-state index in [1.807, 2.05) is 64.1 Å². The van der Waals surface area contributed by atoms with E-state index in [1.54, 1.807) is 48.5 Å². The van der Waals surface area contributed by atoms with Gasteiger partial charge in [-0.25, -0.2) is 0 Å². The van der Waals surface area contributed by atoms with Crippen LogP contribution in [0.15, 0.2) is 164 Å². The molecular weight excluding hydrogens is 1810 g/mol. The molecule has 41 heteroatoms. The third-order valence-electron chi connectivity index (χ3n) is 19.4. The number of aromatic hydroxyl groups is 15. The molecule has 0 saturated carbocycles. The average Bonchev–Trinajstić information content (AvgIpc) is 1.54. The summed E-state index contributed by atoms with van der Waals surface area (Å²) in [6, 6.07) is 46.1. The summed E-state index contributed by atoms with van der Waals surface area (Å²) >= 11 is 0. The number of aliphatic hydroxyl groups excluding tert-OH is 2. The van der Waals surface area contributed by atoms with E-state index in [0.29, 0.717) is 180 Å².